The molecule has 0 fully saturated rings. The molecule has 2 heteroatoms. The van der Waals surface area contributed by atoms with Gasteiger partial charge < -0.3 is 9.53 Å². The number of carbonyl (C=O) groups is 1. The van der Waals surface area contributed by atoms with Gasteiger partial charge in [0, 0.05) is 6.42 Å². The highest BCUT2D eigenvalue weighted by Gasteiger charge is 2.41. The van der Waals surface area contributed by atoms with Crippen molar-refractivity contribution in [2.75, 3.05) is 6.61 Å². The Kier molecular flexibility index (Phi) is 3.19. The van der Waals surface area contributed by atoms with Crippen molar-refractivity contribution in [3.05, 3.63) is 40.5 Å². The molecule has 2 nitrogen and oxygen atoms in total. The third-order valence-electron chi connectivity index (χ3n) is 4.84. The van der Waals surface area contributed by atoms with Crippen molar-refractivity contribution < 1.29 is 10.9 Å². The summed E-state index contributed by atoms with van der Waals surface area (Å²) in [6.07, 6.45) is 3.23. The van der Waals surface area contributed by atoms with E-state index in [9.17, 15) is 4.79 Å². The Labute approximate surface area is 122 Å². The van der Waals surface area contributed by atoms with E-state index in [1.54, 1.807) is 0 Å². The van der Waals surface area contributed by atoms with Gasteiger partial charge in [-0.05, 0) is 53.5 Å². The minimum Gasteiger partial charge on any atom is -0.370 e. The molecular weight excluding hydrogens is 248 g/mol. The fourth-order valence-electron chi connectivity index (χ4n) is 3.64. The zero-order valence-electron chi connectivity index (χ0n) is 13.3. The van der Waals surface area contributed by atoms with Crippen LogP contribution in [0.3, 0.4) is 0 Å². The molecule has 1 aliphatic carbocycles. The van der Waals surface area contributed by atoms with E-state index in [-0.39, 0.29) is 6.42 Å². The molecule has 0 N–H and O–H groups in total. The third kappa shape index (κ3) is 1.94. The Morgan fingerprint density at radius 1 is 1.45 bits per heavy atom. The van der Waals surface area contributed by atoms with Crippen LogP contribution in [0, 0.1) is 0 Å². The van der Waals surface area contributed by atoms with E-state index in [0.29, 0.717) is 6.61 Å². The Bertz CT molecular complexity index is 618. The summed E-state index contributed by atoms with van der Waals surface area (Å²) in [5, 5.41) is 0. The van der Waals surface area contributed by atoms with Gasteiger partial charge in [-0.2, -0.15) is 0 Å². The van der Waals surface area contributed by atoms with Crippen LogP contribution in [0.5, 0.6) is 0 Å². The second-order valence-corrected chi connectivity index (χ2v) is 5.75. The highest BCUT2D eigenvalue weighted by molar-refractivity contribution is 5.79. The largest absolute Gasteiger partial charge is 0.370 e. The highest BCUT2D eigenvalue weighted by Crippen LogP contribution is 2.47. The lowest BCUT2D eigenvalue weighted by Crippen LogP contribution is -2.38. The molecule has 1 unspecified atom stereocenters. The number of ether oxygens (including phenoxy) is 1. The smallest absolute Gasteiger partial charge is 0.123 e. The summed E-state index contributed by atoms with van der Waals surface area (Å²) >= 11 is 0. The molecule has 0 aromatic heterocycles. The van der Waals surface area contributed by atoms with Gasteiger partial charge in [0.25, 0.3) is 0 Å². The molecule has 1 heterocycles. The van der Waals surface area contributed by atoms with Crippen molar-refractivity contribution in [1.82, 2.24) is 0 Å². The minimum absolute atomic E-state index is 0.178. The van der Waals surface area contributed by atoms with Crippen molar-refractivity contribution in [3.8, 4) is 0 Å². The predicted molar refractivity (Wildman–Crippen MR) is 80.7 cm³/mol. The van der Waals surface area contributed by atoms with Crippen molar-refractivity contribution in [1.29, 1.82) is 0 Å². The number of carbonyl (C=O) groups excluding carboxylic acids is 1. The fraction of sp³-hybridized carbons (Fsp3) is 0.500. The fourth-order valence-corrected chi connectivity index (χ4v) is 3.64. The van der Waals surface area contributed by atoms with Gasteiger partial charge in [-0.3, -0.25) is 0 Å². The summed E-state index contributed by atoms with van der Waals surface area (Å²) in [5.41, 5.74) is 6.12. The summed E-state index contributed by atoms with van der Waals surface area (Å²) in [5.74, 6) is 0. The Morgan fingerprint density at radius 3 is 3.00 bits per heavy atom. The average molecular weight is 271 g/mol. The van der Waals surface area contributed by atoms with Crippen molar-refractivity contribution in [2.24, 2.45) is 0 Å². The van der Waals surface area contributed by atoms with Gasteiger partial charge >= 0.3 is 0 Å². The van der Waals surface area contributed by atoms with Gasteiger partial charge in [0.05, 0.1) is 12.2 Å². The number of benzene rings is 1. The first-order valence-corrected chi connectivity index (χ1v) is 7.57. The van der Waals surface area contributed by atoms with Gasteiger partial charge in [-0.15, -0.1) is 0 Å². The van der Waals surface area contributed by atoms with Crippen molar-refractivity contribution in [3.63, 3.8) is 0 Å². The number of aryl methyl sites for hydroxylation is 1. The lowest BCUT2D eigenvalue weighted by molar-refractivity contribution is -0.114. The lowest BCUT2D eigenvalue weighted by Gasteiger charge is -2.37. The Hall–Kier alpha value is -1.41. The summed E-state index contributed by atoms with van der Waals surface area (Å²) in [6.45, 7) is 4.87. The number of fused-ring (bicyclic) bond motifs is 2. The summed E-state index contributed by atoms with van der Waals surface area (Å²) in [6, 6.07) is 6.72. The molecule has 1 aliphatic heterocycles. The maximum Gasteiger partial charge on any atom is 0.123 e. The van der Waals surface area contributed by atoms with Gasteiger partial charge in [0.2, 0.25) is 0 Å². The summed E-state index contributed by atoms with van der Waals surface area (Å²) in [7, 11) is 0. The number of hydrogen-bond acceptors (Lipinski definition) is 2. The Morgan fingerprint density at radius 2 is 2.30 bits per heavy atom. The number of aldehydes is 1. The SMILES string of the molecule is [2H]C(=O)CC1(CC)OCCC2=C1Cc1cc(CC)ccc12. The third-order valence-corrected chi connectivity index (χ3v) is 4.84. The van der Waals surface area contributed by atoms with Crippen LogP contribution in [-0.2, 0) is 22.4 Å². The first-order chi connectivity index (χ1) is 10.1. The second-order valence-electron chi connectivity index (χ2n) is 5.75. The van der Waals surface area contributed by atoms with Crippen LogP contribution in [0.15, 0.2) is 23.8 Å². The average Bonchev–Trinajstić information content (AvgIpc) is 2.85. The Balaban J connectivity index is 2.04. The molecule has 1 aromatic rings. The number of hydrogen-bond donors (Lipinski definition) is 0. The molecule has 0 saturated carbocycles. The van der Waals surface area contributed by atoms with E-state index in [4.69, 9.17) is 6.11 Å². The molecule has 2 aliphatic rings. The molecular formula is C18H22O2. The van der Waals surface area contributed by atoms with Gasteiger partial charge in [0.1, 0.15) is 7.63 Å². The zero-order valence-corrected chi connectivity index (χ0v) is 12.3. The van der Waals surface area contributed by atoms with E-state index in [1.165, 1.54) is 27.8 Å². The second kappa shape index (κ2) is 5.17. The summed E-state index contributed by atoms with van der Waals surface area (Å²) < 4.78 is 13.4. The summed E-state index contributed by atoms with van der Waals surface area (Å²) in [4.78, 5) is 11.4. The maximum atomic E-state index is 11.4. The lowest BCUT2D eigenvalue weighted by atomic mass is 9.82. The van der Waals surface area contributed by atoms with Crippen LogP contribution < -0.4 is 0 Å². The molecule has 1 atom stereocenters. The van der Waals surface area contributed by atoms with E-state index in [1.807, 2.05) is 0 Å². The molecule has 0 radical (unpaired) electrons. The molecule has 0 spiro atoms. The van der Waals surface area contributed by atoms with Crippen LogP contribution >= 0.6 is 0 Å². The van der Waals surface area contributed by atoms with Crippen LogP contribution in [0.1, 0.15) is 51.2 Å². The normalized spacial score (nSPS) is 25.2. The van der Waals surface area contributed by atoms with Crippen LogP contribution in [0.25, 0.3) is 5.57 Å². The van der Waals surface area contributed by atoms with Gasteiger partial charge in [-0.25, -0.2) is 0 Å². The van der Waals surface area contributed by atoms with E-state index in [0.717, 1.165) is 25.7 Å². The first kappa shape index (κ1) is 12.3. The van der Waals surface area contributed by atoms with Crippen LogP contribution in [-0.4, -0.2) is 18.5 Å². The minimum atomic E-state index is -0.544. The molecule has 0 amide bonds. The van der Waals surface area contributed by atoms with Crippen LogP contribution in [0.4, 0.5) is 0 Å². The zero-order chi connectivity index (χ0) is 15.0. The predicted octanol–water partition coefficient (Wildman–Crippen LogP) is 3.72. The molecule has 1 aromatic carbocycles. The van der Waals surface area contributed by atoms with Crippen molar-refractivity contribution >= 4 is 11.8 Å². The number of rotatable bonds is 4. The molecule has 106 valence electrons. The molecule has 20 heavy (non-hydrogen) atoms. The van der Waals surface area contributed by atoms with E-state index < -0.39 is 11.9 Å². The molecule has 0 saturated heterocycles. The molecule has 0 bridgehead atoms. The van der Waals surface area contributed by atoms with Crippen molar-refractivity contribution in [2.45, 2.75) is 51.6 Å². The monoisotopic (exact) mass is 271 g/mol. The first-order valence-electron chi connectivity index (χ1n) is 8.07. The van der Waals surface area contributed by atoms with Crippen LogP contribution in [0.2, 0.25) is 0 Å². The highest BCUT2D eigenvalue weighted by atomic mass is 16.5. The topological polar surface area (TPSA) is 26.3 Å². The van der Waals surface area contributed by atoms with Gasteiger partial charge in [0.15, 0.2) is 0 Å². The standard InChI is InChI=1S/C18H22O2/c1-3-13-5-6-15-14(11-13)12-17-16(15)7-10-20-18(17,4-2)8-9-19/h5-6,9,11H,3-4,7-8,10,12H2,1-2H3/i9D. The van der Waals surface area contributed by atoms with E-state index >= 15 is 0 Å². The van der Waals surface area contributed by atoms with Gasteiger partial charge in [-0.1, -0.05) is 32.0 Å². The quantitative estimate of drug-likeness (QED) is 0.780. The maximum absolute atomic E-state index is 11.4. The molecule has 3 rings (SSSR count). The van der Waals surface area contributed by atoms with E-state index in [2.05, 4.69) is 32.0 Å².